The molecule has 0 aromatic heterocycles. The number of hydrogen-bond acceptors (Lipinski definition) is 10. The van der Waals surface area contributed by atoms with Crippen LogP contribution in [-0.2, 0) is 33.3 Å². The number of rotatable bonds is 13. The van der Waals surface area contributed by atoms with Crippen molar-refractivity contribution in [3.8, 4) is 0 Å². The first-order chi connectivity index (χ1) is 20.5. The minimum absolute atomic E-state index is 0.0310. The molecular weight excluding hydrogens is 578 g/mol. The number of nitrogens with zero attached hydrogens (tertiary/aromatic N) is 3. The molecule has 0 N–H and O–H groups in total. The zero-order valence-electron chi connectivity index (χ0n) is 24.9. The molecule has 0 spiro atoms. The van der Waals surface area contributed by atoms with Crippen molar-refractivity contribution >= 4 is 41.8 Å². The number of thioether (sulfide) groups is 1. The van der Waals surface area contributed by atoms with Gasteiger partial charge in [0.15, 0.2) is 0 Å². The molecule has 0 bridgehead atoms. The molecule has 12 nitrogen and oxygen atoms in total. The van der Waals surface area contributed by atoms with Crippen molar-refractivity contribution in [1.29, 1.82) is 0 Å². The molecule has 0 radical (unpaired) electrons. The number of likely N-dealkylation sites (tertiary alicyclic amines) is 1. The normalized spacial score (nSPS) is 25.0. The number of likely N-dealkylation sites (N-methyl/N-ethyl adjacent to an activating group) is 1. The molecule has 13 heteroatoms. The van der Waals surface area contributed by atoms with E-state index in [4.69, 9.17) is 18.9 Å². The van der Waals surface area contributed by atoms with E-state index in [1.807, 2.05) is 6.92 Å². The lowest BCUT2D eigenvalue weighted by Crippen LogP contribution is -2.64. The fourth-order valence-electron chi connectivity index (χ4n) is 5.28. The van der Waals surface area contributed by atoms with E-state index in [2.05, 4.69) is 19.7 Å². The van der Waals surface area contributed by atoms with E-state index in [-0.39, 0.29) is 55.0 Å². The molecule has 43 heavy (non-hydrogen) atoms. The highest BCUT2D eigenvalue weighted by atomic mass is 32.2. The summed E-state index contributed by atoms with van der Waals surface area (Å²) in [5.41, 5.74) is 0.134. The lowest BCUT2D eigenvalue weighted by Gasteiger charge is -2.47. The minimum atomic E-state index is -0.918. The van der Waals surface area contributed by atoms with Gasteiger partial charge in [-0.2, -0.15) is 0 Å². The summed E-state index contributed by atoms with van der Waals surface area (Å²) in [4.78, 5) is 68.7. The molecule has 2 fully saturated rings. The van der Waals surface area contributed by atoms with Crippen molar-refractivity contribution in [3.63, 3.8) is 0 Å². The first-order valence-electron chi connectivity index (χ1n) is 13.9. The van der Waals surface area contributed by atoms with Crippen molar-refractivity contribution in [1.82, 2.24) is 14.7 Å². The summed E-state index contributed by atoms with van der Waals surface area (Å²) in [7, 11) is 3.26. The Labute approximate surface area is 256 Å². The highest BCUT2D eigenvalue weighted by Gasteiger charge is 2.61. The van der Waals surface area contributed by atoms with Gasteiger partial charge in [-0.25, -0.2) is 14.4 Å². The SMILES string of the molecule is C=CCOC(=O)O[C@H](C)[C@H]1C(=O)N2C(C(=O)OCC=C)=C(S[C@H]3C[C@@H](/C=C/C(=O)N(C)C)N(C(=O)OCC=C)C3)[C@H](C)[C@H]12. The van der Waals surface area contributed by atoms with E-state index < -0.39 is 42.3 Å². The van der Waals surface area contributed by atoms with E-state index in [0.29, 0.717) is 11.3 Å². The van der Waals surface area contributed by atoms with E-state index in [9.17, 15) is 24.0 Å². The molecule has 2 saturated heterocycles. The third-order valence-electron chi connectivity index (χ3n) is 7.28. The Morgan fingerprint density at radius 1 is 1.05 bits per heavy atom. The second-order valence-electron chi connectivity index (χ2n) is 10.4. The molecule has 0 saturated carbocycles. The second kappa shape index (κ2) is 14.9. The maximum absolute atomic E-state index is 13.4. The third kappa shape index (κ3) is 7.51. The highest BCUT2D eigenvalue weighted by Crippen LogP contribution is 2.53. The van der Waals surface area contributed by atoms with Gasteiger partial charge < -0.3 is 33.6 Å². The van der Waals surface area contributed by atoms with Gasteiger partial charge in [-0.05, 0) is 13.3 Å². The largest absolute Gasteiger partial charge is 0.508 e. The molecule has 3 aliphatic rings. The Balaban J connectivity index is 1.87. The quantitative estimate of drug-likeness (QED) is 0.0997. The number of ether oxygens (including phenoxy) is 4. The summed E-state index contributed by atoms with van der Waals surface area (Å²) in [5.74, 6) is -2.27. The molecular formula is C30H39N3O9S. The zero-order valence-corrected chi connectivity index (χ0v) is 25.7. The average molecular weight is 618 g/mol. The van der Waals surface area contributed by atoms with Crippen molar-refractivity contribution < 1.29 is 42.9 Å². The monoisotopic (exact) mass is 617 g/mol. The molecule has 0 aliphatic carbocycles. The molecule has 3 rings (SSSR count). The molecule has 0 unspecified atom stereocenters. The molecule has 0 aromatic carbocycles. The third-order valence-corrected chi connectivity index (χ3v) is 8.77. The van der Waals surface area contributed by atoms with E-state index in [0.717, 1.165) is 0 Å². The standard InChI is InChI=1S/C30H39N3O9S/c1-8-13-39-28(36)25-26(18(4)24-23(27(35)33(24)25)19(5)42-30(38)41-15-10-3)43-21-16-20(11-12-22(34)31(6)7)32(17-21)29(37)40-14-9-2/h8-12,18-21,23-24H,1-3,13-17H2,4-7H3/b12-11+/t18-,19-,20-,21+,23-,24-/m1/s1. The van der Waals surface area contributed by atoms with Gasteiger partial charge in [-0.3, -0.25) is 9.59 Å². The van der Waals surface area contributed by atoms with E-state index >= 15 is 0 Å². The van der Waals surface area contributed by atoms with Gasteiger partial charge in [0.05, 0.1) is 18.0 Å². The maximum Gasteiger partial charge on any atom is 0.508 e. The molecule has 3 aliphatic heterocycles. The summed E-state index contributed by atoms with van der Waals surface area (Å²) in [6.45, 7) is 14.4. The fraction of sp³-hybridized carbons (Fsp3) is 0.500. The van der Waals surface area contributed by atoms with Crippen LogP contribution in [0.25, 0.3) is 0 Å². The summed E-state index contributed by atoms with van der Waals surface area (Å²) in [6.07, 6.45) is 5.57. The lowest BCUT2D eigenvalue weighted by molar-refractivity contribution is -0.164. The number of β-lactam (4-membered cyclic amide) rings is 1. The van der Waals surface area contributed by atoms with Gasteiger partial charge in [-0.15, -0.1) is 11.8 Å². The predicted octanol–water partition coefficient (Wildman–Crippen LogP) is 3.27. The van der Waals surface area contributed by atoms with Crippen molar-refractivity contribution in [2.45, 2.75) is 43.7 Å². The van der Waals surface area contributed by atoms with Crippen molar-refractivity contribution in [2.75, 3.05) is 40.5 Å². The molecule has 3 heterocycles. The van der Waals surface area contributed by atoms with Crippen LogP contribution < -0.4 is 0 Å². The average Bonchev–Trinajstić information content (AvgIpc) is 3.48. The van der Waals surface area contributed by atoms with Gasteiger partial charge in [0, 0.05) is 42.8 Å². The summed E-state index contributed by atoms with van der Waals surface area (Å²) < 4.78 is 20.9. The first-order valence-corrected chi connectivity index (χ1v) is 14.7. The lowest BCUT2D eigenvalue weighted by atomic mass is 9.79. The van der Waals surface area contributed by atoms with Gasteiger partial charge >= 0.3 is 18.2 Å². The Morgan fingerprint density at radius 3 is 2.30 bits per heavy atom. The topological polar surface area (TPSA) is 132 Å². The number of esters is 1. The van der Waals surface area contributed by atoms with Crippen LogP contribution in [-0.4, -0.2) is 109 Å². The van der Waals surface area contributed by atoms with Crippen LogP contribution in [0.5, 0.6) is 0 Å². The number of amides is 3. The second-order valence-corrected chi connectivity index (χ2v) is 11.8. The number of carbonyl (C=O) groups is 5. The molecule has 6 atom stereocenters. The fourth-order valence-corrected chi connectivity index (χ4v) is 6.82. The van der Waals surface area contributed by atoms with Gasteiger partial charge in [0.2, 0.25) is 11.8 Å². The smallest absolute Gasteiger partial charge is 0.457 e. The summed E-state index contributed by atoms with van der Waals surface area (Å²) >= 11 is 1.39. The molecule has 0 aromatic rings. The van der Waals surface area contributed by atoms with E-state index in [1.54, 1.807) is 27.1 Å². The summed E-state index contributed by atoms with van der Waals surface area (Å²) in [6, 6.07) is -0.888. The van der Waals surface area contributed by atoms with Crippen LogP contribution in [0.2, 0.25) is 0 Å². The van der Waals surface area contributed by atoms with E-state index in [1.165, 1.54) is 50.8 Å². The Hall–Kier alpha value is -4.00. The zero-order chi connectivity index (χ0) is 31.8. The van der Waals surface area contributed by atoms with Crippen LogP contribution in [0.4, 0.5) is 9.59 Å². The van der Waals surface area contributed by atoms with Crippen molar-refractivity contribution in [3.05, 3.63) is 60.7 Å². The van der Waals surface area contributed by atoms with Gasteiger partial charge in [0.25, 0.3) is 0 Å². The van der Waals surface area contributed by atoms with Crippen LogP contribution in [0, 0.1) is 11.8 Å². The predicted molar refractivity (Wildman–Crippen MR) is 159 cm³/mol. The Kier molecular flexibility index (Phi) is 11.6. The first kappa shape index (κ1) is 33.5. The Bertz CT molecular complexity index is 1210. The van der Waals surface area contributed by atoms with Gasteiger partial charge in [-0.1, -0.05) is 51.0 Å². The van der Waals surface area contributed by atoms with Gasteiger partial charge in [0.1, 0.15) is 31.6 Å². The molecule has 234 valence electrons. The van der Waals surface area contributed by atoms with Crippen LogP contribution in [0.3, 0.4) is 0 Å². The Morgan fingerprint density at radius 2 is 1.67 bits per heavy atom. The highest BCUT2D eigenvalue weighted by molar-refractivity contribution is 8.03. The number of carbonyl (C=O) groups excluding carboxylic acids is 5. The molecule has 3 amide bonds. The number of hydrogen-bond donors (Lipinski definition) is 0. The van der Waals surface area contributed by atoms with Crippen molar-refractivity contribution in [2.24, 2.45) is 11.8 Å². The summed E-state index contributed by atoms with van der Waals surface area (Å²) in [5, 5.41) is -0.199. The van der Waals surface area contributed by atoms with Crippen LogP contribution in [0.15, 0.2) is 60.7 Å². The maximum atomic E-state index is 13.4. The van der Waals surface area contributed by atoms with Crippen LogP contribution in [0.1, 0.15) is 20.3 Å². The van der Waals surface area contributed by atoms with Crippen LogP contribution >= 0.6 is 11.8 Å². The minimum Gasteiger partial charge on any atom is -0.457 e. The number of fused-ring (bicyclic) bond motifs is 1.